The maximum Gasteiger partial charge on any atom is 0.335 e. The number of hydrogen-bond donors (Lipinski definition) is 3. The van der Waals surface area contributed by atoms with E-state index in [1.54, 1.807) is 24.3 Å². The predicted molar refractivity (Wildman–Crippen MR) is 103 cm³/mol. The molecule has 4 rings (SSSR count). The molecule has 2 saturated heterocycles. The molecule has 3 N–H and O–H groups in total. The molecule has 2 fully saturated rings. The van der Waals surface area contributed by atoms with Crippen molar-refractivity contribution in [2.45, 2.75) is 12.1 Å². The fraction of sp³-hybridized carbons (Fsp3) is 0.238. The number of amides is 2. The Bertz CT molecular complexity index is 1070. The van der Waals surface area contributed by atoms with Crippen molar-refractivity contribution in [3.8, 4) is 5.75 Å². The van der Waals surface area contributed by atoms with Crippen LogP contribution in [-0.4, -0.2) is 47.1 Å². The summed E-state index contributed by atoms with van der Waals surface area (Å²) in [5.74, 6) is -5.34. The van der Waals surface area contributed by atoms with Gasteiger partial charge in [0.1, 0.15) is 11.8 Å². The molecule has 0 radical (unpaired) electrons. The molecule has 0 unspecified atom stereocenters. The minimum absolute atomic E-state index is 0.0839. The number of carboxylic acids is 2. The lowest BCUT2D eigenvalue weighted by molar-refractivity contribution is -0.142. The van der Waals surface area contributed by atoms with Gasteiger partial charge in [-0.05, 0) is 24.3 Å². The van der Waals surface area contributed by atoms with E-state index in [4.69, 9.17) is 4.74 Å². The Morgan fingerprint density at radius 3 is 2.37 bits per heavy atom. The summed E-state index contributed by atoms with van der Waals surface area (Å²) in [6.07, 6.45) is 0. The van der Waals surface area contributed by atoms with E-state index in [-0.39, 0.29) is 11.3 Å². The largest absolute Gasteiger partial charge is 0.496 e. The summed E-state index contributed by atoms with van der Waals surface area (Å²) >= 11 is 0. The predicted octanol–water partition coefficient (Wildman–Crippen LogP) is 1.30. The topological polar surface area (TPSA) is 133 Å². The fourth-order valence-electron chi connectivity index (χ4n) is 4.28. The van der Waals surface area contributed by atoms with Crippen LogP contribution in [0.25, 0.3) is 0 Å². The summed E-state index contributed by atoms with van der Waals surface area (Å²) in [5.41, 5.74) is 0.586. The Kier molecular flexibility index (Phi) is 4.75. The number of carboxylic acid groups (broad SMARTS) is 2. The molecule has 2 heterocycles. The van der Waals surface area contributed by atoms with Crippen LogP contribution < -0.4 is 15.0 Å². The molecule has 0 saturated carbocycles. The highest BCUT2D eigenvalue weighted by molar-refractivity contribution is 6.24. The van der Waals surface area contributed by atoms with E-state index >= 15 is 0 Å². The third kappa shape index (κ3) is 2.91. The molecular weight excluding hydrogens is 392 g/mol. The van der Waals surface area contributed by atoms with Crippen LogP contribution in [0.15, 0.2) is 48.5 Å². The standard InChI is InChI=1S/C21H18N2O7/c1-30-13-8-3-2-7-12(13)16-14-15(17(22-16)21(28)29)19(25)23(18(14)24)11-6-4-5-10(9-11)20(26)27/h2-9,14-17,22H,1H3,(H,26,27)(H,28,29)/t14-,15+,16+,17+/m1/s1. The van der Waals surface area contributed by atoms with Gasteiger partial charge in [0.15, 0.2) is 0 Å². The second kappa shape index (κ2) is 7.27. The molecule has 2 aromatic carbocycles. The highest BCUT2D eigenvalue weighted by Gasteiger charge is 2.61. The van der Waals surface area contributed by atoms with E-state index in [0.29, 0.717) is 11.3 Å². The number of carbonyl (C=O) groups is 4. The van der Waals surface area contributed by atoms with E-state index < -0.39 is 47.7 Å². The first-order chi connectivity index (χ1) is 14.3. The second-order valence-corrected chi connectivity index (χ2v) is 7.12. The van der Waals surface area contributed by atoms with Gasteiger partial charge in [-0.25, -0.2) is 9.69 Å². The number of hydrogen-bond acceptors (Lipinski definition) is 6. The van der Waals surface area contributed by atoms with Crippen molar-refractivity contribution in [1.82, 2.24) is 5.32 Å². The number of methoxy groups -OCH3 is 1. The van der Waals surface area contributed by atoms with Crippen molar-refractivity contribution in [3.63, 3.8) is 0 Å². The molecule has 2 aliphatic rings. The number of benzene rings is 2. The van der Waals surface area contributed by atoms with Crippen LogP contribution in [-0.2, 0) is 14.4 Å². The zero-order chi connectivity index (χ0) is 21.6. The van der Waals surface area contributed by atoms with Crippen molar-refractivity contribution in [3.05, 3.63) is 59.7 Å². The van der Waals surface area contributed by atoms with Crippen LogP contribution in [0.1, 0.15) is 22.0 Å². The monoisotopic (exact) mass is 410 g/mol. The number of ether oxygens (including phenoxy) is 1. The summed E-state index contributed by atoms with van der Waals surface area (Å²) in [4.78, 5) is 50.5. The Labute approximate surface area is 170 Å². The Balaban J connectivity index is 1.80. The Morgan fingerprint density at radius 1 is 1.00 bits per heavy atom. The lowest BCUT2D eigenvalue weighted by Crippen LogP contribution is -2.43. The van der Waals surface area contributed by atoms with E-state index in [1.807, 2.05) is 0 Å². The lowest BCUT2D eigenvalue weighted by Gasteiger charge is -2.22. The maximum atomic E-state index is 13.3. The molecule has 0 bridgehead atoms. The number of para-hydroxylation sites is 1. The van der Waals surface area contributed by atoms with E-state index in [9.17, 15) is 29.4 Å². The summed E-state index contributed by atoms with van der Waals surface area (Å²) in [5, 5.41) is 21.8. The molecule has 4 atom stereocenters. The summed E-state index contributed by atoms with van der Waals surface area (Å²) in [6.45, 7) is 0. The van der Waals surface area contributed by atoms with Gasteiger partial charge >= 0.3 is 11.9 Å². The van der Waals surface area contributed by atoms with Crippen LogP contribution in [0.5, 0.6) is 5.75 Å². The van der Waals surface area contributed by atoms with Crippen LogP contribution in [0.2, 0.25) is 0 Å². The molecule has 0 aromatic heterocycles. The molecule has 30 heavy (non-hydrogen) atoms. The normalized spacial score (nSPS) is 25.3. The van der Waals surface area contributed by atoms with Gasteiger partial charge in [-0.2, -0.15) is 0 Å². The number of nitrogens with zero attached hydrogens (tertiary/aromatic N) is 1. The molecule has 2 aromatic rings. The number of nitrogens with one attached hydrogen (secondary N) is 1. The fourth-order valence-corrected chi connectivity index (χ4v) is 4.28. The van der Waals surface area contributed by atoms with E-state index in [1.165, 1.54) is 31.4 Å². The van der Waals surface area contributed by atoms with Gasteiger partial charge in [0.25, 0.3) is 0 Å². The number of aromatic carboxylic acids is 1. The number of rotatable bonds is 5. The van der Waals surface area contributed by atoms with Crippen molar-refractivity contribution in [2.75, 3.05) is 12.0 Å². The quantitative estimate of drug-likeness (QED) is 0.628. The van der Waals surface area contributed by atoms with E-state index in [2.05, 4.69) is 5.32 Å². The second-order valence-electron chi connectivity index (χ2n) is 7.12. The molecule has 0 aliphatic carbocycles. The first-order valence-corrected chi connectivity index (χ1v) is 9.18. The number of carbonyl (C=O) groups excluding carboxylic acids is 2. The van der Waals surface area contributed by atoms with Gasteiger partial charge in [0, 0.05) is 11.6 Å². The van der Waals surface area contributed by atoms with Crippen molar-refractivity contribution >= 4 is 29.4 Å². The first-order valence-electron chi connectivity index (χ1n) is 9.18. The SMILES string of the molecule is COc1ccccc1[C@@H]1N[C@H](C(=O)O)[C@H]2C(=O)N(c3cccc(C(=O)O)c3)C(=O)[C@H]21. The average Bonchev–Trinajstić information content (AvgIpc) is 3.25. The third-order valence-corrected chi connectivity index (χ3v) is 5.57. The van der Waals surface area contributed by atoms with Gasteiger partial charge in [0.05, 0.1) is 30.2 Å². The van der Waals surface area contributed by atoms with Crippen LogP contribution >= 0.6 is 0 Å². The summed E-state index contributed by atoms with van der Waals surface area (Å²) in [7, 11) is 1.46. The smallest absolute Gasteiger partial charge is 0.335 e. The molecule has 2 amide bonds. The molecule has 9 nitrogen and oxygen atoms in total. The Hall–Kier alpha value is -3.72. The third-order valence-electron chi connectivity index (χ3n) is 5.57. The van der Waals surface area contributed by atoms with E-state index in [0.717, 1.165) is 4.90 Å². The van der Waals surface area contributed by atoms with Crippen molar-refractivity contribution < 1.29 is 34.1 Å². The molecule has 9 heteroatoms. The Morgan fingerprint density at radius 2 is 1.70 bits per heavy atom. The van der Waals surface area contributed by atoms with Crippen LogP contribution in [0.4, 0.5) is 5.69 Å². The van der Waals surface area contributed by atoms with Gasteiger partial charge in [-0.3, -0.25) is 19.7 Å². The maximum absolute atomic E-state index is 13.3. The molecule has 154 valence electrons. The highest BCUT2D eigenvalue weighted by atomic mass is 16.5. The minimum Gasteiger partial charge on any atom is -0.496 e. The zero-order valence-corrected chi connectivity index (χ0v) is 15.8. The number of fused-ring (bicyclic) bond motifs is 1. The minimum atomic E-state index is -1.27. The van der Waals surface area contributed by atoms with Gasteiger partial charge in [-0.15, -0.1) is 0 Å². The highest BCUT2D eigenvalue weighted by Crippen LogP contribution is 2.47. The number of imide groups is 1. The summed E-state index contributed by atoms with van der Waals surface area (Å²) < 4.78 is 5.36. The van der Waals surface area contributed by atoms with Crippen LogP contribution in [0, 0.1) is 11.8 Å². The van der Waals surface area contributed by atoms with Crippen molar-refractivity contribution in [2.24, 2.45) is 11.8 Å². The van der Waals surface area contributed by atoms with Gasteiger partial charge < -0.3 is 14.9 Å². The number of aliphatic carboxylic acids is 1. The lowest BCUT2D eigenvalue weighted by atomic mass is 9.86. The zero-order valence-electron chi connectivity index (χ0n) is 15.8. The molecular formula is C21H18N2O7. The first kappa shape index (κ1) is 19.6. The van der Waals surface area contributed by atoms with Crippen LogP contribution in [0.3, 0.4) is 0 Å². The average molecular weight is 410 g/mol. The molecule has 2 aliphatic heterocycles. The summed E-state index contributed by atoms with van der Waals surface area (Å²) in [6, 6.07) is 10.3. The van der Waals surface area contributed by atoms with Gasteiger partial charge in [0.2, 0.25) is 11.8 Å². The van der Waals surface area contributed by atoms with Crippen molar-refractivity contribution in [1.29, 1.82) is 0 Å². The molecule has 0 spiro atoms. The number of anilines is 1. The van der Waals surface area contributed by atoms with Gasteiger partial charge in [-0.1, -0.05) is 24.3 Å².